The summed E-state index contributed by atoms with van der Waals surface area (Å²) in [7, 11) is 0. The van der Waals surface area contributed by atoms with Crippen LogP contribution in [0.5, 0.6) is 0 Å². The van der Waals surface area contributed by atoms with Crippen molar-refractivity contribution in [1.29, 1.82) is 0 Å². The van der Waals surface area contributed by atoms with Gasteiger partial charge in [0, 0.05) is 20.7 Å². The van der Waals surface area contributed by atoms with Crippen LogP contribution in [0.15, 0.2) is 28.7 Å². The summed E-state index contributed by atoms with van der Waals surface area (Å²) >= 11 is 21.3. The molecule has 6 heteroatoms. The maximum atomic E-state index is 12.6. The van der Waals surface area contributed by atoms with Crippen molar-refractivity contribution in [3.8, 4) is 0 Å². The van der Waals surface area contributed by atoms with E-state index < -0.39 is 0 Å². The molecule has 0 aliphatic carbocycles. The SMILES string of the molecule is Cc1c(N)cc(Br)cc1C(=O)c1c(Cl)cc(Cl)cc1Cl. The van der Waals surface area contributed by atoms with E-state index in [9.17, 15) is 4.79 Å². The van der Waals surface area contributed by atoms with E-state index in [0.717, 1.165) is 0 Å². The Morgan fingerprint density at radius 2 is 1.65 bits per heavy atom. The van der Waals surface area contributed by atoms with Gasteiger partial charge in [-0.15, -0.1) is 0 Å². The highest BCUT2D eigenvalue weighted by atomic mass is 79.9. The van der Waals surface area contributed by atoms with E-state index in [-0.39, 0.29) is 21.4 Å². The molecule has 0 aromatic heterocycles. The fraction of sp³-hybridized carbons (Fsp3) is 0.0714. The van der Waals surface area contributed by atoms with Crippen LogP contribution in [-0.2, 0) is 0 Å². The van der Waals surface area contributed by atoms with Crippen molar-refractivity contribution in [1.82, 2.24) is 0 Å². The lowest BCUT2D eigenvalue weighted by atomic mass is 9.98. The van der Waals surface area contributed by atoms with Crippen molar-refractivity contribution in [2.24, 2.45) is 0 Å². The molecule has 2 aromatic carbocycles. The standard InChI is InChI=1S/C14H9BrCl3NO/c1-6-9(2-7(15)3-12(6)19)14(20)13-10(17)4-8(16)5-11(13)18/h2-5H,19H2,1H3. The molecule has 0 atom stereocenters. The van der Waals surface area contributed by atoms with E-state index in [1.54, 1.807) is 19.1 Å². The highest BCUT2D eigenvalue weighted by molar-refractivity contribution is 9.10. The maximum absolute atomic E-state index is 12.6. The molecule has 0 radical (unpaired) electrons. The summed E-state index contributed by atoms with van der Waals surface area (Å²) in [5.74, 6) is -0.290. The molecule has 2 aromatic rings. The number of carbonyl (C=O) groups is 1. The molecule has 0 amide bonds. The van der Waals surface area contributed by atoms with Gasteiger partial charge in [-0.2, -0.15) is 0 Å². The van der Waals surface area contributed by atoms with Crippen LogP contribution in [0.2, 0.25) is 15.1 Å². The maximum Gasteiger partial charge on any atom is 0.196 e. The van der Waals surface area contributed by atoms with Crippen molar-refractivity contribution in [3.05, 3.63) is 60.5 Å². The Balaban J connectivity index is 2.64. The van der Waals surface area contributed by atoms with E-state index in [0.29, 0.717) is 26.3 Å². The Morgan fingerprint density at radius 3 is 2.20 bits per heavy atom. The minimum Gasteiger partial charge on any atom is -0.398 e. The number of rotatable bonds is 2. The Labute approximate surface area is 139 Å². The van der Waals surface area contributed by atoms with E-state index in [1.807, 2.05) is 0 Å². The van der Waals surface area contributed by atoms with Gasteiger partial charge in [0.1, 0.15) is 0 Å². The zero-order valence-electron chi connectivity index (χ0n) is 10.3. The van der Waals surface area contributed by atoms with Gasteiger partial charge in [-0.3, -0.25) is 4.79 Å². The largest absolute Gasteiger partial charge is 0.398 e. The van der Waals surface area contributed by atoms with Crippen LogP contribution in [0.1, 0.15) is 21.5 Å². The number of halogens is 4. The second-order valence-electron chi connectivity index (χ2n) is 4.24. The number of hydrogen-bond donors (Lipinski definition) is 1. The lowest BCUT2D eigenvalue weighted by molar-refractivity contribution is 0.103. The van der Waals surface area contributed by atoms with Crippen molar-refractivity contribution in [3.63, 3.8) is 0 Å². The summed E-state index contributed by atoms with van der Waals surface area (Å²) in [4.78, 5) is 12.6. The molecule has 0 spiro atoms. The summed E-state index contributed by atoms with van der Waals surface area (Å²) in [6.45, 7) is 1.77. The van der Waals surface area contributed by atoms with Gasteiger partial charge in [0.25, 0.3) is 0 Å². The van der Waals surface area contributed by atoms with Gasteiger partial charge in [0.15, 0.2) is 5.78 Å². The molecule has 0 saturated heterocycles. The number of anilines is 1. The van der Waals surface area contributed by atoms with Crippen LogP contribution < -0.4 is 5.73 Å². The van der Waals surface area contributed by atoms with Crippen molar-refractivity contribution < 1.29 is 4.79 Å². The second kappa shape index (κ2) is 5.94. The number of benzene rings is 2. The number of hydrogen-bond acceptors (Lipinski definition) is 2. The molecule has 2 rings (SSSR count). The van der Waals surface area contributed by atoms with Gasteiger partial charge >= 0.3 is 0 Å². The quantitative estimate of drug-likeness (QED) is 0.538. The summed E-state index contributed by atoms with van der Waals surface area (Å²) in [6, 6.07) is 6.39. The number of nitrogen functional groups attached to an aromatic ring is 1. The minimum atomic E-state index is -0.290. The van der Waals surface area contributed by atoms with Crippen molar-refractivity contribution >= 4 is 62.2 Å². The molecule has 0 saturated carbocycles. The molecule has 2 nitrogen and oxygen atoms in total. The average molecular weight is 393 g/mol. The first kappa shape index (κ1) is 15.6. The van der Waals surface area contributed by atoms with Crippen LogP contribution in [0.25, 0.3) is 0 Å². The molecular formula is C14H9BrCl3NO. The highest BCUT2D eigenvalue weighted by Gasteiger charge is 2.20. The van der Waals surface area contributed by atoms with Crippen LogP contribution >= 0.6 is 50.7 Å². The van der Waals surface area contributed by atoms with Gasteiger partial charge in [0.2, 0.25) is 0 Å². The molecule has 2 N–H and O–H groups in total. The van der Waals surface area contributed by atoms with Crippen LogP contribution in [0.3, 0.4) is 0 Å². The topological polar surface area (TPSA) is 43.1 Å². The molecule has 104 valence electrons. The zero-order chi connectivity index (χ0) is 15.0. The lowest BCUT2D eigenvalue weighted by Gasteiger charge is -2.11. The van der Waals surface area contributed by atoms with E-state index in [4.69, 9.17) is 40.5 Å². The van der Waals surface area contributed by atoms with Crippen molar-refractivity contribution in [2.75, 3.05) is 5.73 Å². The van der Waals surface area contributed by atoms with Gasteiger partial charge in [-0.1, -0.05) is 50.7 Å². The summed E-state index contributed by atoms with van der Waals surface area (Å²) < 4.78 is 0.713. The molecule has 0 unspecified atom stereocenters. The molecule has 0 fully saturated rings. The molecule has 20 heavy (non-hydrogen) atoms. The summed E-state index contributed by atoms with van der Waals surface area (Å²) in [5, 5.41) is 0.804. The van der Waals surface area contributed by atoms with Crippen LogP contribution in [0, 0.1) is 6.92 Å². The average Bonchev–Trinajstić information content (AvgIpc) is 2.32. The summed E-state index contributed by atoms with van der Waals surface area (Å²) in [5.41, 5.74) is 7.73. The predicted octanol–water partition coefficient (Wildman–Crippen LogP) is 5.53. The molecule has 0 aliphatic heterocycles. The Hall–Kier alpha value is -0.740. The normalized spacial score (nSPS) is 10.7. The monoisotopic (exact) mass is 391 g/mol. The zero-order valence-corrected chi connectivity index (χ0v) is 14.2. The fourth-order valence-electron chi connectivity index (χ4n) is 1.83. The highest BCUT2D eigenvalue weighted by Crippen LogP contribution is 2.33. The summed E-state index contributed by atoms with van der Waals surface area (Å²) in [6.07, 6.45) is 0. The first-order valence-electron chi connectivity index (χ1n) is 5.56. The minimum absolute atomic E-state index is 0.213. The number of carbonyl (C=O) groups excluding carboxylic acids is 1. The first-order valence-corrected chi connectivity index (χ1v) is 7.49. The van der Waals surface area contributed by atoms with Crippen molar-refractivity contribution in [2.45, 2.75) is 6.92 Å². The fourth-order valence-corrected chi connectivity index (χ4v) is 3.29. The van der Waals surface area contributed by atoms with Gasteiger partial charge < -0.3 is 5.73 Å². The number of ketones is 1. The second-order valence-corrected chi connectivity index (χ2v) is 6.41. The van der Waals surface area contributed by atoms with E-state index >= 15 is 0 Å². The third kappa shape index (κ3) is 2.96. The number of nitrogens with two attached hydrogens (primary N) is 1. The Morgan fingerprint density at radius 1 is 1.10 bits per heavy atom. The molecule has 0 aliphatic rings. The molecule has 0 heterocycles. The predicted molar refractivity (Wildman–Crippen MR) is 88.2 cm³/mol. The van der Waals surface area contributed by atoms with E-state index in [2.05, 4.69) is 15.9 Å². The van der Waals surface area contributed by atoms with Crippen LogP contribution in [-0.4, -0.2) is 5.78 Å². The third-order valence-electron chi connectivity index (χ3n) is 2.89. The van der Waals surface area contributed by atoms with Crippen LogP contribution in [0.4, 0.5) is 5.69 Å². The van der Waals surface area contributed by atoms with Gasteiger partial charge in [0.05, 0.1) is 15.6 Å². The van der Waals surface area contributed by atoms with Gasteiger partial charge in [-0.25, -0.2) is 0 Å². The Kier molecular flexibility index (Phi) is 4.65. The van der Waals surface area contributed by atoms with E-state index in [1.165, 1.54) is 12.1 Å². The smallest absolute Gasteiger partial charge is 0.196 e. The molecular weight excluding hydrogens is 384 g/mol. The third-order valence-corrected chi connectivity index (χ3v) is 4.16. The lowest BCUT2D eigenvalue weighted by Crippen LogP contribution is -2.07. The Bertz CT molecular complexity index is 693. The molecule has 0 bridgehead atoms. The first-order chi connectivity index (χ1) is 9.31. The van der Waals surface area contributed by atoms with Gasteiger partial charge in [-0.05, 0) is 36.8 Å².